The van der Waals surface area contributed by atoms with Crippen LogP contribution in [-0.2, 0) is 9.59 Å². The van der Waals surface area contributed by atoms with E-state index in [1.165, 1.54) is 7.11 Å². The summed E-state index contributed by atoms with van der Waals surface area (Å²) in [4.78, 5) is 28.3. The monoisotopic (exact) mass is 462 g/mol. The molecule has 0 aliphatic carbocycles. The van der Waals surface area contributed by atoms with Crippen molar-refractivity contribution in [1.29, 1.82) is 0 Å². The average Bonchev–Trinajstić information content (AvgIpc) is 3.04. The van der Waals surface area contributed by atoms with Crippen molar-refractivity contribution in [3.8, 4) is 11.5 Å². The molecule has 168 valence electrons. The first kappa shape index (κ1) is 22.4. The van der Waals surface area contributed by atoms with Crippen molar-refractivity contribution in [2.24, 2.45) is 0 Å². The van der Waals surface area contributed by atoms with Gasteiger partial charge in [-0.2, -0.15) is 0 Å². The molecule has 0 atom stereocenters. The van der Waals surface area contributed by atoms with E-state index in [-0.39, 0.29) is 11.3 Å². The van der Waals surface area contributed by atoms with Gasteiger partial charge in [-0.1, -0.05) is 47.5 Å². The van der Waals surface area contributed by atoms with Gasteiger partial charge in [0.15, 0.2) is 0 Å². The van der Waals surface area contributed by atoms with Crippen molar-refractivity contribution in [1.82, 2.24) is 0 Å². The highest BCUT2D eigenvalue weighted by Crippen LogP contribution is 2.38. The molecule has 7 heteroatoms. The number of carbonyl (C=O) groups is 2. The maximum absolute atomic E-state index is 13.6. The van der Waals surface area contributed by atoms with Crippen LogP contribution in [-0.4, -0.2) is 26.0 Å². The fourth-order valence-corrected chi connectivity index (χ4v) is 3.97. The van der Waals surface area contributed by atoms with Crippen LogP contribution in [0.2, 0.25) is 5.02 Å². The molecule has 3 aromatic carbocycles. The quantitative estimate of drug-likeness (QED) is 0.499. The molecule has 1 heterocycles. The number of nitrogens with one attached hydrogen (secondary N) is 1. The molecule has 1 aliphatic rings. The topological polar surface area (TPSA) is 67.9 Å². The first-order valence-electron chi connectivity index (χ1n) is 10.3. The zero-order valence-corrected chi connectivity index (χ0v) is 19.5. The van der Waals surface area contributed by atoms with Gasteiger partial charge >= 0.3 is 0 Å². The first-order valence-corrected chi connectivity index (χ1v) is 10.7. The van der Waals surface area contributed by atoms with E-state index < -0.39 is 11.8 Å². The third-order valence-corrected chi connectivity index (χ3v) is 5.73. The molecule has 0 saturated heterocycles. The Labute approximate surface area is 197 Å². The minimum atomic E-state index is -0.486. The molecule has 0 bridgehead atoms. The Hall–Kier alpha value is -3.77. The lowest BCUT2D eigenvalue weighted by Crippen LogP contribution is -2.32. The Balaban J connectivity index is 1.84. The van der Waals surface area contributed by atoms with Crippen LogP contribution in [0.25, 0.3) is 5.57 Å². The zero-order chi connectivity index (χ0) is 23.7. The lowest BCUT2D eigenvalue weighted by molar-refractivity contribution is -0.120. The number of ether oxygens (including phenoxy) is 2. The lowest BCUT2D eigenvalue weighted by atomic mass is 10.0. The maximum Gasteiger partial charge on any atom is 0.282 e. The van der Waals surface area contributed by atoms with Crippen molar-refractivity contribution < 1.29 is 19.1 Å². The standard InChI is InChI=1S/C26H23ClN2O4/c1-15-5-8-17(9-6-15)23-24(28-20-13-16(2)7-11-22(20)33-4)26(31)29(25(23)30)18-10-12-21(32-3)19(27)14-18/h5-14,28H,1-4H3. The van der Waals surface area contributed by atoms with Gasteiger partial charge in [-0.3, -0.25) is 9.59 Å². The smallest absolute Gasteiger partial charge is 0.282 e. The summed E-state index contributed by atoms with van der Waals surface area (Å²) >= 11 is 6.28. The Morgan fingerprint density at radius 1 is 0.788 bits per heavy atom. The van der Waals surface area contributed by atoms with Crippen LogP contribution in [0.4, 0.5) is 11.4 Å². The normalized spacial score (nSPS) is 13.5. The van der Waals surface area contributed by atoms with Crippen LogP contribution >= 0.6 is 11.6 Å². The second-order valence-electron chi connectivity index (χ2n) is 7.71. The fraction of sp³-hybridized carbons (Fsp3) is 0.154. The summed E-state index contributed by atoms with van der Waals surface area (Å²) < 4.78 is 10.7. The van der Waals surface area contributed by atoms with Gasteiger partial charge in [-0.25, -0.2) is 4.90 Å². The molecule has 0 fully saturated rings. The van der Waals surface area contributed by atoms with Crippen molar-refractivity contribution in [3.05, 3.63) is 88.1 Å². The first-order chi connectivity index (χ1) is 15.8. The number of imide groups is 1. The molecule has 6 nitrogen and oxygen atoms in total. The van der Waals surface area contributed by atoms with Gasteiger partial charge in [0.1, 0.15) is 17.2 Å². The predicted molar refractivity (Wildman–Crippen MR) is 130 cm³/mol. The highest BCUT2D eigenvalue weighted by Gasteiger charge is 2.40. The number of methoxy groups -OCH3 is 2. The minimum Gasteiger partial charge on any atom is -0.495 e. The largest absolute Gasteiger partial charge is 0.495 e. The number of halogens is 1. The van der Waals surface area contributed by atoms with Gasteiger partial charge in [0.2, 0.25) is 0 Å². The van der Waals surface area contributed by atoms with E-state index in [2.05, 4.69) is 5.32 Å². The second kappa shape index (κ2) is 9.00. The van der Waals surface area contributed by atoms with Crippen LogP contribution in [0, 0.1) is 13.8 Å². The molecule has 0 aromatic heterocycles. The van der Waals surface area contributed by atoms with E-state index in [0.29, 0.717) is 33.5 Å². The molecule has 4 rings (SSSR count). The van der Waals surface area contributed by atoms with Crippen molar-refractivity contribution in [3.63, 3.8) is 0 Å². The van der Waals surface area contributed by atoms with Gasteiger partial charge in [0.05, 0.1) is 36.2 Å². The van der Waals surface area contributed by atoms with Crippen LogP contribution in [0.1, 0.15) is 16.7 Å². The lowest BCUT2D eigenvalue weighted by Gasteiger charge is -2.17. The second-order valence-corrected chi connectivity index (χ2v) is 8.12. The van der Waals surface area contributed by atoms with Gasteiger partial charge in [-0.05, 0) is 55.3 Å². The highest BCUT2D eigenvalue weighted by molar-refractivity contribution is 6.46. The van der Waals surface area contributed by atoms with Crippen molar-refractivity contribution in [2.45, 2.75) is 13.8 Å². The summed E-state index contributed by atoms with van der Waals surface area (Å²) in [5.41, 5.74) is 4.04. The number of carbonyl (C=O) groups excluding carboxylic acids is 2. The molecule has 3 aromatic rings. The fourth-order valence-electron chi connectivity index (χ4n) is 3.72. The number of anilines is 2. The van der Waals surface area contributed by atoms with Crippen LogP contribution in [0.5, 0.6) is 11.5 Å². The molecule has 0 unspecified atom stereocenters. The Kier molecular flexibility index (Phi) is 6.11. The molecule has 33 heavy (non-hydrogen) atoms. The maximum atomic E-state index is 13.6. The van der Waals surface area contributed by atoms with E-state index in [4.69, 9.17) is 21.1 Å². The summed E-state index contributed by atoms with van der Waals surface area (Å²) in [6, 6.07) is 17.8. The third kappa shape index (κ3) is 4.17. The summed E-state index contributed by atoms with van der Waals surface area (Å²) in [5, 5.41) is 3.47. The van der Waals surface area contributed by atoms with Crippen molar-refractivity contribution in [2.75, 3.05) is 24.4 Å². The average molecular weight is 463 g/mol. The van der Waals surface area contributed by atoms with E-state index in [1.807, 2.05) is 56.3 Å². The van der Waals surface area contributed by atoms with Gasteiger partial charge in [-0.15, -0.1) is 0 Å². The zero-order valence-electron chi connectivity index (χ0n) is 18.7. The molecule has 0 radical (unpaired) electrons. The summed E-state index contributed by atoms with van der Waals surface area (Å²) in [6.45, 7) is 3.90. The number of amides is 2. The van der Waals surface area contributed by atoms with Crippen LogP contribution < -0.4 is 19.7 Å². The number of benzene rings is 3. The number of nitrogens with zero attached hydrogens (tertiary/aromatic N) is 1. The Morgan fingerprint density at radius 2 is 1.42 bits per heavy atom. The van der Waals surface area contributed by atoms with Crippen molar-refractivity contribution >= 4 is 40.4 Å². The number of rotatable bonds is 6. The number of hydrogen-bond donors (Lipinski definition) is 1. The molecule has 1 N–H and O–H groups in total. The van der Waals surface area contributed by atoms with Crippen LogP contribution in [0.15, 0.2) is 66.4 Å². The van der Waals surface area contributed by atoms with Gasteiger partial charge in [0, 0.05) is 0 Å². The molecule has 2 amide bonds. The van der Waals surface area contributed by atoms with E-state index >= 15 is 0 Å². The predicted octanol–water partition coefficient (Wildman–Crippen LogP) is 5.37. The van der Waals surface area contributed by atoms with Gasteiger partial charge in [0.25, 0.3) is 11.8 Å². The SMILES string of the molecule is COc1ccc(N2C(=O)C(Nc3cc(C)ccc3OC)=C(c3ccc(C)cc3)C2=O)cc1Cl. The van der Waals surface area contributed by atoms with E-state index in [0.717, 1.165) is 16.0 Å². The van der Waals surface area contributed by atoms with E-state index in [1.54, 1.807) is 25.3 Å². The third-order valence-electron chi connectivity index (χ3n) is 5.43. The van der Waals surface area contributed by atoms with E-state index in [9.17, 15) is 9.59 Å². The Morgan fingerprint density at radius 3 is 2.06 bits per heavy atom. The number of hydrogen-bond acceptors (Lipinski definition) is 5. The minimum absolute atomic E-state index is 0.166. The molecule has 0 saturated carbocycles. The Bertz CT molecular complexity index is 1280. The molecule has 1 aliphatic heterocycles. The molecule has 0 spiro atoms. The molecular weight excluding hydrogens is 440 g/mol. The number of aryl methyl sites for hydroxylation is 2. The summed E-state index contributed by atoms with van der Waals surface area (Å²) in [6.07, 6.45) is 0. The highest BCUT2D eigenvalue weighted by atomic mass is 35.5. The summed E-state index contributed by atoms with van der Waals surface area (Å²) in [5.74, 6) is 0.0798. The van der Waals surface area contributed by atoms with Crippen LogP contribution in [0.3, 0.4) is 0 Å². The van der Waals surface area contributed by atoms with Gasteiger partial charge < -0.3 is 14.8 Å². The molecular formula is C26H23ClN2O4. The summed E-state index contributed by atoms with van der Waals surface area (Å²) in [7, 11) is 3.06.